The molecule has 8 heteroatoms. The summed E-state index contributed by atoms with van der Waals surface area (Å²) < 4.78 is 4.97. The van der Waals surface area contributed by atoms with Crippen LogP contribution in [-0.4, -0.2) is 21.4 Å². The second kappa shape index (κ2) is 5.51. The fourth-order valence-electron chi connectivity index (χ4n) is 1.19. The van der Waals surface area contributed by atoms with E-state index in [1.54, 1.807) is 18.3 Å². The number of nitrogens with two attached hydrogens (primary N) is 1. The summed E-state index contributed by atoms with van der Waals surface area (Å²) in [6.45, 7) is 0.509. The molecule has 7 nitrogen and oxygen atoms in total. The largest absolute Gasteiger partial charge is 0.363 e. The van der Waals surface area contributed by atoms with Crippen molar-refractivity contribution in [1.29, 1.82) is 0 Å². The Kier molecular flexibility index (Phi) is 3.78. The van der Waals surface area contributed by atoms with Crippen LogP contribution in [0.2, 0.25) is 0 Å². The fraction of sp³-hybridized carbons (Fsp3) is 0.222. The summed E-state index contributed by atoms with van der Waals surface area (Å²) in [5.74, 6) is 7.29. The van der Waals surface area contributed by atoms with E-state index in [1.165, 1.54) is 11.8 Å². The minimum absolute atomic E-state index is 0.509. The van der Waals surface area contributed by atoms with Crippen molar-refractivity contribution in [3.05, 3.63) is 24.1 Å². The molecule has 0 fully saturated rings. The van der Waals surface area contributed by atoms with Crippen LogP contribution in [0.15, 0.2) is 28.0 Å². The summed E-state index contributed by atoms with van der Waals surface area (Å²) in [4.78, 5) is 8.44. The molecule has 0 aliphatic carbocycles. The third-order valence-electron chi connectivity index (χ3n) is 1.97. The quantitative estimate of drug-likeness (QED) is 0.314. The molecular formula is C9H12N6OS. The van der Waals surface area contributed by atoms with E-state index in [2.05, 4.69) is 25.9 Å². The molecule has 2 rings (SSSR count). The van der Waals surface area contributed by atoms with E-state index in [1.807, 2.05) is 6.26 Å². The number of anilines is 2. The molecular weight excluding hydrogens is 240 g/mol. The molecule has 0 aliphatic rings. The Morgan fingerprint density at radius 3 is 2.88 bits per heavy atom. The maximum atomic E-state index is 5.33. The lowest BCUT2D eigenvalue weighted by atomic mass is 10.4. The highest BCUT2D eigenvalue weighted by atomic mass is 32.2. The highest BCUT2D eigenvalue weighted by molar-refractivity contribution is 7.98. The van der Waals surface area contributed by atoms with Crippen molar-refractivity contribution in [2.24, 2.45) is 5.84 Å². The van der Waals surface area contributed by atoms with Gasteiger partial charge >= 0.3 is 0 Å². The molecule has 0 bridgehead atoms. The summed E-state index contributed by atoms with van der Waals surface area (Å²) in [5, 5.41) is 7.36. The molecule has 0 radical (unpaired) electrons. The van der Waals surface area contributed by atoms with Crippen LogP contribution in [-0.2, 0) is 6.54 Å². The molecule has 0 saturated carbocycles. The maximum Gasteiger partial charge on any atom is 0.191 e. The number of aromatic nitrogens is 3. The van der Waals surface area contributed by atoms with Gasteiger partial charge in [-0.1, -0.05) is 16.9 Å². The monoisotopic (exact) mass is 252 g/mol. The lowest BCUT2D eigenvalue weighted by molar-refractivity contribution is 0.388. The molecule has 17 heavy (non-hydrogen) atoms. The van der Waals surface area contributed by atoms with E-state index in [0.717, 1.165) is 5.76 Å². The zero-order chi connectivity index (χ0) is 12.1. The average molecular weight is 252 g/mol. The third kappa shape index (κ3) is 3.08. The minimum Gasteiger partial charge on any atom is -0.363 e. The Morgan fingerprint density at radius 1 is 1.41 bits per heavy atom. The van der Waals surface area contributed by atoms with Crippen LogP contribution in [0.1, 0.15) is 5.76 Å². The Labute approximate surface area is 102 Å². The first-order valence-corrected chi connectivity index (χ1v) is 6.07. The van der Waals surface area contributed by atoms with Gasteiger partial charge in [-0.15, -0.1) is 0 Å². The number of rotatable bonds is 5. The van der Waals surface area contributed by atoms with E-state index in [9.17, 15) is 0 Å². The Balaban J connectivity index is 2.09. The SMILES string of the molecule is CSc1nc(NN)cc(NCc2ccno2)n1. The Bertz CT molecular complexity index is 452. The van der Waals surface area contributed by atoms with Crippen LogP contribution in [0.3, 0.4) is 0 Å². The van der Waals surface area contributed by atoms with Crippen LogP contribution in [0.25, 0.3) is 0 Å². The van der Waals surface area contributed by atoms with Gasteiger partial charge in [0.05, 0.1) is 12.7 Å². The van der Waals surface area contributed by atoms with E-state index >= 15 is 0 Å². The van der Waals surface area contributed by atoms with Crippen LogP contribution in [0, 0.1) is 0 Å². The molecule has 90 valence electrons. The lowest BCUT2D eigenvalue weighted by Crippen LogP contribution is -2.11. The molecule has 0 unspecified atom stereocenters. The first kappa shape index (κ1) is 11.7. The van der Waals surface area contributed by atoms with Gasteiger partial charge in [0.25, 0.3) is 0 Å². The number of nitrogens with zero attached hydrogens (tertiary/aromatic N) is 3. The van der Waals surface area contributed by atoms with Gasteiger partial charge in [0.1, 0.15) is 11.6 Å². The molecule has 2 heterocycles. The molecule has 2 aromatic rings. The van der Waals surface area contributed by atoms with Gasteiger partial charge < -0.3 is 15.3 Å². The number of hydrogen-bond donors (Lipinski definition) is 3. The van der Waals surface area contributed by atoms with Crippen LogP contribution in [0.5, 0.6) is 0 Å². The number of hydrazine groups is 1. The first-order valence-electron chi connectivity index (χ1n) is 4.85. The van der Waals surface area contributed by atoms with Gasteiger partial charge in [-0.05, 0) is 6.26 Å². The first-order chi connectivity index (χ1) is 8.31. The maximum absolute atomic E-state index is 5.33. The van der Waals surface area contributed by atoms with Crippen molar-refractivity contribution in [2.45, 2.75) is 11.7 Å². The zero-order valence-corrected chi connectivity index (χ0v) is 9.99. The van der Waals surface area contributed by atoms with E-state index in [4.69, 9.17) is 10.4 Å². The topological polar surface area (TPSA) is 102 Å². The minimum atomic E-state index is 0.509. The van der Waals surface area contributed by atoms with Crippen molar-refractivity contribution < 1.29 is 4.52 Å². The second-order valence-electron chi connectivity index (χ2n) is 3.10. The molecule has 0 atom stereocenters. The number of hydrogen-bond acceptors (Lipinski definition) is 8. The summed E-state index contributed by atoms with van der Waals surface area (Å²) in [5.41, 5.74) is 2.50. The third-order valence-corrected chi connectivity index (χ3v) is 2.52. The van der Waals surface area contributed by atoms with Crippen LogP contribution >= 0.6 is 11.8 Å². The van der Waals surface area contributed by atoms with Gasteiger partial charge in [-0.2, -0.15) is 0 Å². The van der Waals surface area contributed by atoms with E-state index < -0.39 is 0 Å². The van der Waals surface area contributed by atoms with Crippen molar-refractivity contribution >= 4 is 23.4 Å². The average Bonchev–Trinajstić information content (AvgIpc) is 2.89. The van der Waals surface area contributed by atoms with Gasteiger partial charge in [-0.3, -0.25) is 0 Å². The Morgan fingerprint density at radius 2 is 2.24 bits per heavy atom. The van der Waals surface area contributed by atoms with Gasteiger partial charge in [-0.25, -0.2) is 15.8 Å². The molecule has 0 spiro atoms. The predicted octanol–water partition coefficient (Wildman–Crippen LogP) is 1.08. The molecule has 4 N–H and O–H groups in total. The smallest absolute Gasteiger partial charge is 0.191 e. The molecule has 2 aromatic heterocycles. The Hall–Kier alpha value is -1.80. The standard InChI is InChI=1S/C9H12N6OS/c1-17-9-13-7(4-8(14-9)15-10)11-5-6-2-3-12-16-6/h2-4H,5,10H2,1H3,(H2,11,13,14,15). The normalized spacial score (nSPS) is 10.2. The molecule has 0 amide bonds. The van der Waals surface area contributed by atoms with Crippen LogP contribution < -0.4 is 16.6 Å². The summed E-state index contributed by atoms with van der Waals surface area (Å²) in [7, 11) is 0. The molecule has 0 aromatic carbocycles. The highest BCUT2D eigenvalue weighted by Gasteiger charge is 2.04. The molecule has 0 saturated heterocycles. The van der Waals surface area contributed by atoms with Crippen molar-refractivity contribution in [3.63, 3.8) is 0 Å². The molecule has 0 aliphatic heterocycles. The summed E-state index contributed by atoms with van der Waals surface area (Å²) >= 11 is 1.44. The van der Waals surface area contributed by atoms with Crippen molar-refractivity contribution in [3.8, 4) is 0 Å². The highest BCUT2D eigenvalue weighted by Crippen LogP contribution is 2.17. The number of nitrogen functional groups attached to an aromatic ring is 1. The van der Waals surface area contributed by atoms with E-state index in [-0.39, 0.29) is 0 Å². The van der Waals surface area contributed by atoms with Gasteiger partial charge in [0.2, 0.25) is 0 Å². The summed E-state index contributed by atoms with van der Waals surface area (Å²) in [6.07, 6.45) is 3.49. The zero-order valence-electron chi connectivity index (χ0n) is 9.17. The van der Waals surface area contributed by atoms with Crippen molar-refractivity contribution in [2.75, 3.05) is 17.0 Å². The number of thioether (sulfide) groups is 1. The second-order valence-corrected chi connectivity index (χ2v) is 3.88. The fourth-order valence-corrected chi connectivity index (χ4v) is 1.57. The lowest BCUT2D eigenvalue weighted by Gasteiger charge is -2.07. The van der Waals surface area contributed by atoms with Crippen LogP contribution in [0.4, 0.5) is 11.6 Å². The summed E-state index contributed by atoms with van der Waals surface area (Å²) in [6, 6.07) is 3.50. The van der Waals surface area contributed by atoms with E-state index in [0.29, 0.717) is 23.3 Å². The van der Waals surface area contributed by atoms with Gasteiger partial charge in [0, 0.05) is 12.1 Å². The number of nitrogens with one attached hydrogen (secondary N) is 2. The predicted molar refractivity (Wildman–Crippen MR) is 65.5 cm³/mol. The van der Waals surface area contributed by atoms with Gasteiger partial charge in [0.15, 0.2) is 10.9 Å². The van der Waals surface area contributed by atoms with Crippen molar-refractivity contribution in [1.82, 2.24) is 15.1 Å².